The highest BCUT2D eigenvalue weighted by Crippen LogP contribution is 2.36. The molecule has 22 heavy (non-hydrogen) atoms. The maximum atomic E-state index is 11.3. The standard InChI is InChI=1S/C21H38O/c1-2-3-4-5-6-7-18-8-10-19(11-9-18)12-13-20-14-16-21(22)17-15-20/h18-20H,2-17H2,1H3/t18-,19-. The smallest absolute Gasteiger partial charge is 0.132 e. The molecule has 2 fully saturated rings. The highest BCUT2D eigenvalue weighted by Gasteiger charge is 2.23. The fourth-order valence-electron chi connectivity index (χ4n) is 4.61. The second-order valence-electron chi connectivity index (χ2n) is 8.15. The van der Waals surface area contributed by atoms with E-state index in [-0.39, 0.29) is 0 Å². The van der Waals surface area contributed by atoms with E-state index in [0.29, 0.717) is 5.78 Å². The zero-order chi connectivity index (χ0) is 15.6. The van der Waals surface area contributed by atoms with Crippen molar-refractivity contribution in [3.05, 3.63) is 0 Å². The summed E-state index contributed by atoms with van der Waals surface area (Å²) in [5.41, 5.74) is 0. The molecule has 2 saturated carbocycles. The van der Waals surface area contributed by atoms with E-state index < -0.39 is 0 Å². The van der Waals surface area contributed by atoms with Gasteiger partial charge < -0.3 is 0 Å². The lowest BCUT2D eigenvalue weighted by Crippen LogP contribution is -2.18. The van der Waals surface area contributed by atoms with Gasteiger partial charge in [-0.05, 0) is 30.6 Å². The zero-order valence-corrected chi connectivity index (χ0v) is 15.0. The third kappa shape index (κ3) is 6.84. The number of hydrogen-bond acceptors (Lipinski definition) is 1. The molecule has 1 heteroatoms. The molecule has 0 atom stereocenters. The van der Waals surface area contributed by atoms with E-state index in [0.717, 1.165) is 30.6 Å². The van der Waals surface area contributed by atoms with Crippen molar-refractivity contribution < 1.29 is 4.79 Å². The topological polar surface area (TPSA) is 17.1 Å². The lowest BCUT2D eigenvalue weighted by Gasteiger charge is -2.30. The van der Waals surface area contributed by atoms with Crippen LogP contribution in [-0.2, 0) is 4.79 Å². The average Bonchev–Trinajstić information content (AvgIpc) is 2.55. The van der Waals surface area contributed by atoms with Crippen molar-refractivity contribution >= 4 is 5.78 Å². The van der Waals surface area contributed by atoms with E-state index in [1.54, 1.807) is 0 Å². The van der Waals surface area contributed by atoms with Crippen LogP contribution in [-0.4, -0.2) is 5.78 Å². The number of unbranched alkanes of at least 4 members (excludes halogenated alkanes) is 4. The molecule has 2 aliphatic carbocycles. The first-order chi connectivity index (χ1) is 10.8. The van der Waals surface area contributed by atoms with Crippen LogP contribution >= 0.6 is 0 Å². The Labute approximate surface area is 138 Å². The van der Waals surface area contributed by atoms with Gasteiger partial charge >= 0.3 is 0 Å². The van der Waals surface area contributed by atoms with Gasteiger partial charge in [-0.25, -0.2) is 0 Å². The van der Waals surface area contributed by atoms with E-state index in [9.17, 15) is 4.79 Å². The Hall–Kier alpha value is -0.330. The van der Waals surface area contributed by atoms with Gasteiger partial charge in [0.1, 0.15) is 5.78 Å². The number of hydrogen-bond donors (Lipinski definition) is 0. The molecule has 0 radical (unpaired) electrons. The minimum atomic E-state index is 0.510. The quantitative estimate of drug-likeness (QED) is 0.433. The second kappa shape index (κ2) is 10.4. The molecule has 0 aliphatic heterocycles. The third-order valence-electron chi connectivity index (χ3n) is 6.33. The van der Waals surface area contributed by atoms with E-state index in [1.165, 1.54) is 89.9 Å². The molecule has 2 rings (SSSR count). The lowest BCUT2D eigenvalue weighted by atomic mass is 9.76. The molecule has 2 aliphatic rings. The molecule has 0 aromatic rings. The number of carbonyl (C=O) groups is 1. The number of carbonyl (C=O) groups excluding carboxylic acids is 1. The molecule has 0 unspecified atom stereocenters. The van der Waals surface area contributed by atoms with Gasteiger partial charge in [-0.15, -0.1) is 0 Å². The van der Waals surface area contributed by atoms with Crippen molar-refractivity contribution in [1.82, 2.24) is 0 Å². The van der Waals surface area contributed by atoms with E-state index in [2.05, 4.69) is 6.92 Å². The molecule has 1 nitrogen and oxygen atoms in total. The van der Waals surface area contributed by atoms with Gasteiger partial charge in [0.05, 0.1) is 0 Å². The number of Topliss-reactive ketones (excluding diaryl/α,β-unsaturated/α-hetero) is 1. The summed E-state index contributed by atoms with van der Waals surface area (Å²) in [6, 6.07) is 0. The highest BCUT2D eigenvalue weighted by molar-refractivity contribution is 5.78. The Morgan fingerprint density at radius 3 is 1.77 bits per heavy atom. The molecule has 0 aromatic carbocycles. The summed E-state index contributed by atoms with van der Waals surface area (Å²) in [6.07, 6.45) is 21.6. The lowest BCUT2D eigenvalue weighted by molar-refractivity contribution is -0.121. The summed E-state index contributed by atoms with van der Waals surface area (Å²) in [5.74, 6) is 3.43. The predicted molar refractivity (Wildman–Crippen MR) is 95.0 cm³/mol. The monoisotopic (exact) mass is 306 g/mol. The van der Waals surface area contributed by atoms with E-state index in [1.807, 2.05) is 0 Å². The Morgan fingerprint density at radius 1 is 0.682 bits per heavy atom. The fourth-order valence-corrected chi connectivity index (χ4v) is 4.61. The third-order valence-corrected chi connectivity index (χ3v) is 6.33. The molecular weight excluding hydrogens is 268 g/mol. The molecule has 128 valence electrons. The molecule has 0 aromatic heterocycles. The van der Waals surface area contributed by atoms with Gasteiger partial charge in [0.2, 0.25) is 0 Å². The minimum absolute atomic E-state index is 0.510. The first-order valence-corrected chi connectivity index (χ1v) is 10.3. The molecule has 0 amide bonds. The normalized spacial score (nSPS) is 27.2. The van der Waals surface area contributed by atoms with Crippen molar-refractivity contribution in [2.75, 3.05) is 0 Å². The Morgan fingerprint density at radius 2 is 1.18 bits per heavy atom. The van der Waals surface area contributed by atoms with Gasteiger partial charge in [0.15, 0.2) is 0 Å². The van der Waals surface area contributed by atoms with Gasteiger partial charge in [-0.2, -0.15) is 0 Å². The van der Waals surface area contributed by atoms with Crippen LogP contribution in [0.2, 0.25) is 0 Å². The van der Waals surface area contributed by atoms with Crippen molar-refractivity contribution in [2.24, 2.45) is 17.8 Å². The summed E-state index contributed by atoms with van der Waals surface area (Å²) in [4.78, 5) is 11.3. The Bertz CT molecular complexity index is 291. The zero-order valence-electron chi connectivity index (χ0n) is 15.0. The van der Waals surface area contributed by atoms with Gasteiger partial charge in [0.25, 0.3) is 0 Å². The largest absolute Gasteiger partial charge is 0.300 e. The predicted octanol–water partition coefficient (Wildman–Crippen LogP) is 6.69. The van der Waals surface area contributed by atoms with Crippen LogP contribution < -0.4 is 0 Å². The molecule has 0 bridgehead atoms. The van der Waals surface area contributed by atoms with E-state index >= 15 is 0 Å². The summed E-state index contributed by atoms with van der Waals surface area (Å²) >= 11 is 0. The fraction of sp³-hybridized carbons (Fsp3) is 0.952. The van der Waals surface area contributed by atoms with Crippen LogP contribution in [0, 0.1) is 17.8 Å². The molecule has 0 N–H and O–H groups in total. The molecule has 0 saturated heterocycles. The SMILES string of the molecule is CCCCCCC[C@H]1CC[C@H](CCC2CCC(=O)CC2)CC1. The van der Waals surface area contributed by atoms with Crippen LogP contribution in [0.25, 0.3) is 0 Å². The summed E-state index contributed by atoms with van der Waals surface area (Å²) in [5, 5.41) is 0. The van der Waals surface area contributed by atoms with Crippen molar-refractivity contribution in [1.29, 1.82) is 0 Å². The van der Waals surface area contributed by atoms with Crippen molar-refractivity contribution in [3.63, 3.8) is 0 Å². The van der Waals surface area contributed by atoms with Gasteiger partial charge in [0, 0.05) is 12.8 Å². The van der Waals surface area contributed by atoms with Crippen LogP contribution in [0.3, 0.4) is 0 Å². The maximum absolute atomic E-state index is 11.3. The second-order valence-corrected chi connectivity index (χ2v) is 8.15. The highest BCUT2D eigenvalue weighted by atomic mass is 16.1. The van der Waals surface area contributed by atoms with Crippen LogP contribution in [0.15, 0.2) is 0 Å². The molecular formula is C21H38O. The first kappa shape index (κ1) is 18.0. The first-order valence-electron chi connectivity index (χ1n) is 10.3. The molecule has 0 heterocycles. The van der Waals surface area contributed by atoms with Crippen LogP contribution in [0.4, 0.5) is 0 Å². The van der Waals surface area contributed by atoms with Crippen LogP contribution in [0.5, 0.6) is 0 Å². The maximum Gasteiger partial charge on any atom is 0.132 e. The van der Waals surface area contributed by atoms with Gasteiger partial charge in [-0.1, -0.05) is 84.0 Å². The molecule has 0 spiro atoms. The minimum Gasteiger partial charge on any atom is -0.300 e. The van der Waals surface area contributed by atoms with Crippen LogP contribution in [0.1, 0.15) is 110 Å². The van der Waals surface area contributed by atoms with Gasteiger partial charge in [-0.3, -0.25) is 4.79 Å². The number of rotatable bonds is 9. The Balaban J connectivity index is 1.49. The van der Waals surface area contributed by atoms with E-state index in [4.69, 9.17) is 0 Å². The summed E-state index contributed by atoms with van der Waals surface area (Å²) < 4.78 is 0. The number of ketones is 1. The average molecular weight is 307 g/mol. The summed E-state index contributed by atoms with van der Waals surface area (Å²) in [7, 11) is 0. The summed E-state index contributed by atoms with van der Waals surface area (Å²) in [6.45, 7) is 2.30. The van der Waals surface area contributed by atoms with Crippen molar-refractivity contribution in [2.45, 2.75) is 110 Å². The Kier molecular flexibility index (Phi) is 8.55. The van der Waals surface area contributed by atoms with Crippen molar-refractivity contribution in [3.8, 4) is 0 Å².